The third kappa shape index (κ3) is 2.19. The number of hydrazine groups is 1. The van der Waals surface area contributed by atoms with Gasteiger partial charge in [0.05, 0.1) is 0 Å². The summed E-state index contributed by atoms with van der Waals surface area (Å²) in [5, 5.41) is 0. The molecule has 1 saturated carbocycles. The Labute approximate surface area is 67.3 Å². The predicted molar refractivity (Wildman–Crippen MR) is 43.5 cm³/mol. The molecule has 3 nitrogen and oxygen atoms in total. The molecule has 0 saturated heterocycles. The summed E-state index contributed by atoms with van der Waals surface area (Å²) in [5.41, 5.74) is 2.21. The molecule has 0 aliphatic heterocycles. The van der Waals surface area contributed by atoms with Crippen molar-refractivity contribution in [1.29, 1.82) is 0 Å². The predicted octanol–water partition coefficient (Wildman–Crippen LogP) is 0.803. The molecule has 0 aromatic carbocycles. The topological polar surface area (TPSA) is 55.1 Å². The number of amides is 1. The minimum absolute atomic E-state index is 0.0110. The molecule has 1 aliphatic carbocycles. The minimum atomic E-state index is 0.0110. The molecule has 3 heteroatoms. The van der Waals surface area contributed by atoms with Gasteiger partial charge in [-0.25, -0.2) is 5.84 Å². The van der Waals surface area contributed by atoms with Crippen LogP contribution in [0, 0.1) is 11.8 Å². The average molecular weight is 156 g/mol. The number of hydrogen-bond acceptors (Lipinski definition) is 2. The van der Waals surface area contributed by atoms with Crippen molar-refractivity contribution in [1.82, 2.24) is 5.43 Å². The molecule has 1 fully saturated rings. The van der Waals surface area contributed by atoms with Gasteiger partial charge in [0.1, 0.15) is 0 Å². The van der Waals surface area contributed by atoms with Gasteiger partial charge >= 0.3 is 0 Å². The van der Waals surface area contributed by atoms with Gasteiger partial charge in [-0.2, -0.15) is 0 Å². The monoisotopic (exact) mass is 156 g/mol. The summed E-state index contributed by atoms with van der Waals surface area (Å²) in [5.74, 6) is 6.01. The van der Waals surface area contributed by atoms with Crippen LogP contribution in [0.15, 0.2) is 0 Å². The van der Waals surface area contributed by atoms with Crippen molar-refractivity contribution in [2.45, 2.75) is 32.6 Å². The SMILES string of the molecule is C[C@H]1CC[C@H](C(=O)NN)CC1. The highest BCUT2D eigenvalue weighted by atomic mass is 16.2. The van der Waals surface area contributed by atoms with Crippen molar-refractivity contribution < 1.29 is 4.79 Å². The van der Waals surface area contributed by atoms with Crippen LogP contribution in [0.3, 0.4) is 0 Å². The Morgan fingerprint density at radius 3 is 2.36 bits per heavy atom. The van der Waals surface area contributed by atoms with E-state index in [-0.39, 0.29) is 11.8 Å². The van der Waals surface area contributed by atoms with Crippen LogP contribution in [0.1, 0.15) is 32.6 Å². The lowest BCUT2D eigenvalue weighted by atomic mass is 9.83. The van der Waals surface area contributed by atoms with E-state index in [1.54, 1.807) is 0 Å². The van der Waals surface area contributed by atoms with Gasteiger partial charge in [-0.1, -0.05) is 6.92 Å². The van der Waals surface area contributed by atoms with E-state index in [1.165, 1.54) is 0 Å². The first-order valence-corrected chi connectivity index (χ1v) is 4.24. The molecule has 1 rings (SSSR count). The maximum atomic E-state index is 11.0. The fraction of sp³-hybridized carbons (Fsp3) is 0.875. The first-order chi connectivity index (χ1) is 5.24. The standard InChI is InChI=1S/C8H16N2O/c1-6-2-4-7(5-3-6)8(11)10-9/h6-7H,2-5,9H2,1H3,(H,10,11)/t6-,7-. The minimum Gasteiger partial charge on any atom is -0.294 e. The van der Waals surface area contributed by atoms with E-state index in [9.17, 15) is 4.79 Å². The Kier molecular flexibility index (Phi) is 2.88. The number of carbonyl (C=O) groups excluding carboxylic acids is 1. The van der Waals surface area contributed by atoms with E-state index in [0.29, 0.717) is 0 Å². The average Bonchev–Trinajstić information content (AvgIpc) is 2.05. The second-order valence-corrected chi connectivity index (χ2v) is 3.47. The third-order valence-corrected chi connectivity index (χ3v) is 2.53. The molecule has 3 N–H and O–H groups in total. The zero-order valence-electron chi connectivity index (χ0n) is 6.97. The molecule has 0 aromatic rings. The number of hydrogen-bond donors (Lipinski definition) is 2. The quantitative estimate of drug-likeness (QED) is 0.335. The zero-order chi connectivity index (χ0) is 8.27. The van der Waals surface area contributed by atoms with Gasteiger partial charge in [0.2, 0.25) is 5.91 Å². The molecule has 11 heavy (non-hydrogen) atoms. The lowest BCUT2D eigenvalue weighted by Gasteiger charge is -2.24. The van der Waals surface area contributed by atoms with E-state index < -0.39 is 0 Å². The van der Waals surface area contributed by atoms with Gasteiger partial charge < -0.3 is 0 Å². The third-order valence-electron chi connectivity index (χ3n) is 2.53. The summed E-state index contributed by atoms with van der Waals surface area (Å²) < 4.78 is 0. The largest absolute Gasteiger partial charge is 0.294 e. The maximum absolute atomic E-state index is 11.0. The zero-order valence-corrected chi connectivity index (χ0v) is 6.97. The fourth-order valence-electron chi connectivity index (χ4n) is 1.64. The number of nitrogens with one attached hydrogen (secondary N) is 1. The van der Waals surface area contributed by atoms with Gasteiger partial charge in [-0.05, 0) is 31.6 Å². The maximum Gasteiger partial charge on any atom is 0.236 e. The summed E-state index contributed by atoms with van der Waals surface area (Å²) in [6, 6.07) is 0. The lowest BCUT2D eigenvalue weighted by Crippen LogP contribution is -2.37. The van der Waals surface area contributed by atoms with E-state index in [4.69, 9.17) is 5.84 Å². The number of carbonyl (C=O) groups is 1. The van der Waals surface area contributed by atoms with Gasteiger partial charge in [0.15, 0.2) is 0 Å². The fourth-order valence-corrected chi connectivity index (χ4v) is 1.64. The molecule has 0 heterocycles. The first-order valence-electron chi connectivity index (χ1n) is 4.24. The Balaban J connectivity index is 2.33. The molecule has 0 aromatic heterocycles. The molecule has 1 aliphatic rings. The number of nitrogens with two attached hydrogens (primary N) is 1. The highest BCUT2D eigenvalue weighted by Gasteiger charge is 2.23. The van der Waals surface area contributed by atoms with Crippen LogP contribution in [0.4, 0.5) is 0 Å². The van der Waals surface area contributed by atoms with Crippen LogP contribution in [-0.2, 0) is 4.79 Å². The Hall–Kier alpha value is -0.570. The molecule has 0 spiro atoms. The highest BCUT2D eigenvalue weighted by molar-refractivity contribution is 5.77. The van der Waals surface area contributed by atoms with Crippen molar-refractivity contribution in [2.75, 3.05) is 0 Å². The van der Waals surface area contributed by atoms with Crippen molar-refractivity contribution in [2.24, 2.45) is 17.7 Å². The van der Waals surface area contributed by atoms with E-state index in [1.807, 2.05) is 0 Å². The van der Waals surface area contributed by atoms with Gasteiger partial charge in [-0.15, -0.1) is 0 Å². The molecule has 1 amide bonds. The molecule has 0 bridgehead atoms. The van der Waals surface area contributed by atoms with Crippen molar-refractivity contribution in [3.8, 4) is 0 Å². The van der Waals surface area contributed by atoms with Crippen LogP contribution in [0.5, 0.6) is 0 Å². The van der Waals surface area contributed by atoms with Gasteiger partial charge in [0, 0.05) is 5.92 Å². The van der Waals surface area contributed by atoms with Crippen LogP contribution in [-0.4, -0.2) is 5.91 Å². The Bertz CT molecular complexity index is 139. The second-order valence-electron chi connectivity index (χ2n) is 3.47. The van der Waals surface area contributed by atoms with Crippen molar-refractivity contribution in [3.05, 3.63) is 0 Å². The van der Waals surface area contributed by atoms with Crippen molar-refractivity contribution >= 4 is 5.91 Å². The molecule has 0 atom stereocenters. The molecule has 0 unspecified atom stereocenters. The highest BCUT2D eigenvalue weighted by Crippen LogP contribution is 2.27. The van der Waals surface area contributed by atoms with Crippen LogP contribution >= 0.6 is 0 Å². The smallest absolute Gasteiger partial charge is 0.236 e. The summed E-state index contributed by atoms with van der Waals surface area (Å²) in [4.78, 5) is 11.0. The molecule has 0 radical (unpaired) electrons. The molecule has 64 valence electrons. The summed E-state index contributed by atoms with van der Waals surface area (Å²) >= 11 is 0. The summed E-state index contributed by atoms with van der Waals surface area (Å²) in [7, 11) is 0. The summed E-state index contributed by atoms with van der Waals surface area (Å²) in [6.45, 7) is 2.23. The summed E-state index contributed by atoms with van der Waals surface area (Å²) in [6.07, 6.45) is 4.34. The number of rotatable bonds is 1. The second kappa shape index (κ2) is 3.72. The van der Waals surface area contributed by atoms with Crippen LogP contribution < -0.4 is 11.3 Å². The van der Waals surface area contributed by atoms with Gasteiger partial charge in [0.25, 0.3) is 0 Å². The van der Waals surface area contributed by atoms with Crippen molar-refractivity contribution in [3.63, 3.8) is 0 Å². The van der Waals surface area contributed by atoms with E-state index in [2.05, 4.69) is 12.3 Å². The van der Waals surface area contributed by atoms with Crippen LogP contribution in [0.2, 0.25) is 0 Å². The Morgan fingerprint density at radius 1 is 1.36 bits per heavy atom. The first kappa shape index (κ1) is 8.53. The normalized spacial score (nSPS) is 31.5. The van der Waals surface area contributed by atoms with Crippen LogP contribution in [0.25, 0.3) is 0 Å². The Morgan fingerprint density at radius 2 is 1.91 bits per heavy atom. The lowest BCUT2D eigenvalue weighted by molar-refractivity contribution is -0.126. The van der Waals surface area contributed by atoms with Gasteiger partial charge in [-0.3, -0.25) is 10.2 Å². The van der Waals surface area contributed by atoms with E-state index >= 15 is 0 Å². The molecular weight excluding hydrogens is 140 g/mol. The molecular formula is C8H16N2O. The van der Waals surface area contributed by atoms with E-state index in [0.717, 1.165) is 31.6 Å².